The zero-order valence-corrected chi connectivity index (χ0v) is 18.2. The Morgan fingerprint density at radius 3 is 1.90 bits per heavy atom. The van der Waals surface area contributed by atoms with Gasteiger partial charge in [-0.3, -0.25) is 0 Å². The summed E-state index contributed by atoms with van der Waals surface area (Å²) in [4.78, 5) is 0. The van der Waals surface area contributed by atoms with Gasteiger partial charge in [0.05, 0.1) is 0 Å². The van der Waals surface area contributed by atoms with E-state index < -0.39 is 46.5 Å². The molecule has 0 aliphatic carbocycles. The van der Waals surface area contributed by atoms with Crippen LogP contribution in [-0.2, 0) is 45.2 Å². The van der Waals surface area contributed by atoms with Crippen molar-refractivity contribution in [1.29, 1.82) is 0 Å². The molecule has 0 unspecified atom stereocenters. The number of aryl methyl sites for hydroxylation is 1. The van der Waals surface area contributed by atoms with Crippen LogP contribution in [0.25, 0.3) is 11.1 Å². The fourth-order valence-electron chi connectivity index (χ4n) is 2.65. The first-order valence-corrected chi connectivity index (χ1v) is 8.34. The number of rotatable bonds is 5. The van der Waals surface area contributed by atoms with E-state index in [1.54, 1.807) is 12.1 Å². The molecule has 0 heterocycles. The third kappa shape index (κ3) is 5.03. The fourth-order valence-corrected chi connectivity index (χ4v) is 2.65. The first-order chi connectivity index (χ1) is 13.6. The van der Waals surface area contributed by atoms with Crippen LogP contribution in [0.5, 0.6) is 5.75 Å². The summed E-state index contributed by atoms with van der Waals surface area (Å²) in [6, 6.07) is 9.25. The Hall–Kier alpha value is -1.93. The monoisotopic (exact) mass is 502 g/mol. The summed E-state index contributed by atoms with van der Waals surface area (Å²) in [5.41, 5.74) is -0.596. The molecule has 0 N–H and O–H groups in total. The maximum absolute atomic E-state index is 14.3. The summed E-state index contributed by atoms with van der Waals surface area (Å²) < 4.78 is 101. The second kappa shape index (κ2) is 9.48. The van der Waals surface area contributed by atoms with E-state index in [9.17, 15) is 30.7 Å². The van der Waals surface area contributed by atoms with Gasteiger partial charge in [-0.05, 0) is 0 Å². The average molecular weight is 502 g/mol. The molecule has 1 nitrogen and oxygen atoms in total. The number of ether oxygens (including phenoxy) is 1. The number of hydrogen-bond acceptors (Lipinski definition) is 1. The quantitative estimate of drug-likeness (QED) is 0.219. The summed E-state index contributed by atoms with van der Waals surface area (Å²) >= 11 is 0. The van der Waals surface area contributed by atoms with Crippen molar-refractivity contribution >= 4 is 0 Å². The normalized spacial score (nSPS) is 11.2. The van der Waals surface area contributed by atoms with Gasteiger partial charge in [-0.15, -0.1) is 35.4 Å². The van der Waals surface area contributed by atoms with Gasteiger partial charge in [0.25, 0.3) is 0 Å². The molecule has 0 aromatic heterocycles. The van der Waals surface area contributed by atoms with Crippen LogP contribution in [0.1, 0.15) is 18.1 Å². The molecule has 3 aromatic rings. The van der Waals surface area contributed by atoms with E-state index in [1.807, 2.05) is 6.92 Å². The molecular formula is C21H12F7OY-. The van der Waals surface area contributed by atoms with Gasteiger partial charge < -0.3 is 4.74 Å². The molecule has 1 radical (unpaired) electrons. The van der Waals surface area contributed by atoms with Crippen molar-refractivity contribution < 1.29 is 68.2 Å². The van der Waals surface area contributed by atoms with Crippen LogP contribution >= 0.6 is 0 Å². The van der Waals surface area contributed by atoms with Crippen molar-refractivity contribution in [2.75, 3.05) is 0 Å². The van der Waals surface area contributed by atoms with E-state index in [0.717, 1.165) is 5.56 Å². The standard InChI is InChI=1S/C21H12F7O.Y/c1-2-11-3-5-12(6-4-11)13-7-15(22)19(16(23)8-13)21(27,28)29-14-9-17(24)20(26)18(25)10-14;/h3-5,7-10H,2H2,1H3;/q-1;. The van der Waals surface area contributed by atoms with Crippen LogP contribution in [-0.4, -0.2) is 0 Å². The second-order valence-electron chi connectivity index (χ2n) is 6.10. The fraction of sp³-hybridized carbons (Fsp3) is 0.143. The van der Waals surface area contributed by atoms with E-state index in [-0.39, 0.29) is 56.0 Å². The minimum Gasteiger partial charge on any atom is -0.429 e. The molecule has 0 saturated carbocycles. The van der Waals surface area contributed by atoms with E-state index >= 15 is 0 Å². The first kappa shape index (κ1) is 24.3. The van der Waals surface area contributed by atoms with Crippen LogP contribution in [0.3, 0.4) is 0 Å². The smallest absolute Gasteiger partial charge is 0.429 e. The van der Waals surface area contributed by atoms with E-state index in [4.69, 9.17) is 0 Å². The molecule has 3 aromatic carbocycles. The maximum atomic E-state index is 14.3. The number of halogens is 7. The molecule has 30 heavy (non-hydrogen) atoms. The molecule has 0 amide bonds. The van der Waals surface area contributed by atoms with E-state index in [2.05, 4.69) is 10.8 Å². The third-order valence-electron chi connectivity index (χ3n) is 4.13. The summed E-state index contributed by atoms with van der Waals surface area (Å²) in [5, 5.41) is 0. The molecule has 3 rings (SSSR count). The van der Waals surface area contributed by atoms with Crippen molar-refractivity contribution in [3.8, 4) is 16.9 Å². The zero-order chi connectivity index (χ0) is 21.3. The van der Waals surface area contributed by atoms with Gasteiger partial charge >= 0.3 is 6.11 Å². The van der Waals surface area contributed by atoms with Crippen molar-refractivity contribution in [3.63, 3.8) is 0 Å². The maximum Gasteiger partial charge on any atom is 0.432 e. The summed E-state index contributed by atoms with van der Waals surface area (Å²) in [5.74, 6) is -9.90. The van der Waals surface area contributed by atoms with Crippen molar-refractivity contribution in [3.05, 3.63) is 88.7 Å². The molecular weight excluding hydrogens is 490 g/mol. The van der Waals surface area contributed by atoms with Gasteiger partial charge in [0.15, 0.2) is 17.5 Å². The van der Waals surface area contributed by atoms with Gasteiger partial charge in [-0.2, -0.15) is 8.78 Å². The Bertz CT molecular complexity index is 1010. The van der Waals surface area contributed by atoms with Crippen LogP contribution in [0.2, 0.25) is 0 Å². The van der Waals surface area contributed by atoms with Gasteiger partial charge in [0.1, 0.15) is 22.9 Å². The van der Waals surface area contributed by atoms with Crippen LogP contribution in [0.15, 0.2) is 42.5 Å². The summed E-state index contributed by atoms with van der Waals surface area (Å²) in [6.45, 7) is 1.90. The largest absolute Gasteiger partial charge is 0.432 e. The van der Waals surface area contributed by atoms with Crippen LogP contribution in [0.4, 0.5) is 30.7 Å². The number of hydrogen-bond donors (Lipinski definition) is 0. The molecule has 0 saturated heterocycles. The van der Waals surface area contributed by atoms with E-state index in [0.29, 0.717) is 18.6 Å². The zero-order valence-electron chi connectivity index (χ0n) is 15.4. The molecule has 0 fully saturated rings. The minimum atomic E-state index is -4.63. The Labute approximate surface area is 192 Å². The summed E-state index contributed by atoms with van der Waals surface area (Å²) in [6.07, 6.45) is -3.91. The predicted molar refractivity (Wildman–Crippen MR) is 90.8 cm³/mol. The molecule has 0 atom stereocenters. The SMILES string of the molecule is CCc1c[c-]c(-c2cc(F)c(C(F)(F)Oc3cc(F)c(F)c(F)c3)c(F)c2)cc1.[Y]. The van der Waals surface area contributed by atoms with Gasteiger partial charge in [0.2, 0.25) is 0 Å². The molecule has 0 bridgehead atoms. The van der Waals surface area contributed by atoms with Gasteiger partial charge in [-0.1, -0.05) is 31.0 Å². The van der Waals surface area contributed by atoms with Gasteiger partial charge in [0, 0.05) is 44.8 Å². The van der Waals surface area contributed by atoms with Crippen LogP contribution in [0, 0.1) is 35.2 Å². The van der Waals surface area contributed by atoms with Crippen molar-refractivity contribution in [2.45, 2.75) is 19.5 Å². The van der Waals surface area contributed by atoms with Gasteiger partial charge in [-0.25, -0.2) is 22.0 Å². The molecule has 9 heteroatoms. The van der Waals surface area contributed by atoms with Crippen molar-refractivity contribution in [1.82, 2.24) is 0 Å². The van der Waals surface area contributed by atoms with E-state index in [1.165, 1.54) is 6.07 Å². The first-order valence-electron chi connectivity index (χ1n) is 8.34. The average Bonchev–Trinajstić information content (AvgIpc) is 2.65. The second-order valence-corrected chi connectivity index (χ2v) is 6.10. The topological polar surface area (TPSA) is 9.23 Å². The Kier molecular flexibility index (Phi) is 7.69. The molecule has 0 aliphatic rings. The molecule has 0 aliphatic heterocycles. The number of alkyl halides is 2. The molecule has 155 valence electrons. The number of benzene rings is 3. The Morgan fingerprint density at radius 2 is 1.43 bits per heavy atom. The van der Waals surface area contributed by atoms with Crippen molar-refractivity contribution in [2.24, 2.45) is 0 Å². The predicted octanol–water partition coefficient (Wildman–Crippen LogP) is 6.54. The van der Waals surface area contributed by atoms with Crippen LogP contribution < -0.4 is 4.74 Å². The summed E-state index contributed by atoms with van der Waals surface area (Å²) in [7, 11) is 0. The molecule has 0 spiro atoms. The Morgan fingerprint density at radius 1 is 0.867 bits per heavy atom. The third-order valence-corrected chi connectivity index (χ3v) is 4.13. The minimum absolute atomic E-state index is 0. The Balaban J connectivity index is 0.00000320.